The van der Waals surface area contributed by atoms with Crippen LogP contribution in [-0.4, -0.2) is 30.2 Å². The molecule has 2 fully saturated rings. The first-order chi connectivity index (χ1) is 17.8. The van der Waals surface area contributed by atoms with E-state index in [1.54, 1.807) is 0 Å². The van der Waals surface area contributed by atoms with Gasteiger partial charge in [0.1, 0.15) is 6.10 Å². The SMILES string of the molecule is Cc1ccccc1N(Cc1ccc(C(C)(C)C)cc1)C(=O)OC1C2CCC1CN(Cc1ccccc1)C2. The maximum absolute atomic E-state index is 13.8. The molecule has 2 bridgehead atoms. The van der Waals surface area contributed by atoms with Crippen LogP contribution in [0.1, 0.15) is 55.9 Å². The predicted molar refractivity (Wildman–Crippen MR) is 151 cm³/mol. The van der Waals surface area contributed by atoms with Crippen LogP contribution in [0.2, 0.25) is 0 Å². The molecule has 0 N–H and O–H groups in total. The number of ether oxygens (including phenoxy) is 1. The fraction of sp³-hybridized carbons (Fsp3) is 0.424. The van der Waals surface area contributed by atoms with E-state index in [1.165, 1.54) is 11.1 Å². The molecule has 37 heavy (non-hydrogen) atoms. The summed E-state index contributed by atoms with van der Waals surface area (Å²) in [7, 11) is 0. The van der Waals surface area contributed by atoms with Crippen molar-refractivity contribution in [2.75, 3.05) is 18.0 Å². The highest BCUT2D eigenvalue weighted by Crippen LogP contribution is 2.40. The number of piperidine rings is 1. The van der Waals surface area contributed by atoms with E-state index in [0.29, 0.717) is 18.4 Å². The van der Waals surface area contributed by atoms with Crippen LogP contribution in [0.4, 0.5) is 10.5 Å². The number of carbonyl (C=O) groups excluding carboxylic acids is 1. The molecule has 5 rings (SSSR count). The second kappa shape index (κ2) is 10.7. The number of carbonyl (C=O) groups is 1. The molecule has 1 aliphatic carbocycles. The van der Waals surface area contributed by atoms with Gasteiger partial charge in [-0.05, 0) is 53.5 Å². The minimum absolute atomic E-state index is 0.00527. The molecule has 3 aromatic carbocycles. The first-order valence-electron chi connectivity index (χ1n) is 13.7. The summed E-state index contributed by atoms with van der Waals surface area (Å²) in [6, 6.07) is 27.4. The third-order valence-electron chi connectivity index (χ3n) is 8.10. The molecule has 0 radical (unpaired) electrons. The number of anilines is 1. The van der Waals surface area contributed by atoms with Gasteiger partial charge in [-0.2, -0.15) is 0 Å². The number of hydrogen-bond acceptors (Lipinski definition) is 3. The van der Waals surface area contributed by atoms with Crippen LogP contribution in [0, 0.1) is 18.8 Å². The third-order valence-corrected chi connectivity index (χ3v) is 8.10. The Hall–Kier alpha value is -3.11. The molecule has 0 aromatic heterocycles. The summed E-state index contributed by atoms with van der Waals surface area (Å²) < 4.78 is 6.36. The van der Waals surface area contributed by atoms with Gasteiger partial charge in [-0.15, -0.1) is 0 Å². The lowest BCUT2D eigenvalue weighted by atomic mass is 9.87. The number of likely N-dealkylation sites (tertiary alicyclic amines) is 1. The van der Waals surface area contributed by atoms with Gasteiger partial charge >= 0.3 is 6.09 Å². The molecule has 2 atom stereocenters. The summed E-state index contributed by atoms with van der Waals surface area (Å²) >= 11 is 0. The van der Waals surface area contributed by atoms with Crippen LogP contribution < -0.4 is 4.90 Å². The van der Waals surface area contributed by atoms with Gasteiger partial charge in [0.05, 0.1) is 12.2 Å². The smallest absolute Gasteiger partial charge is 0.414 e. The van der Waals surface area contributed by atoms with Gasteiger partial charge in [-0.3, -0.25) is 9.80 Å². The Labute approximate surface area is 222 Å². The average Bonchev–Trinajstić information content (AvgIpc) is 3.10. The van der Waals surface area contributed by atoms with Gasteiger partial charge < -0.3 is 4.74 Å². The zero-order chi connectivity index (χ0) is 26.0. The van der Waals surface area contributed by atoms with E-state index in [9.17, 15) is 4.79 Å². The number of amides is 1. The van der Waals surface area contributed by atoms with Gasteiger partial charge in [-0.25, -0.2) is 4.79 Å². The second-order valence-corrected chi connectivity index (χ2v) is 11.9. The molecule has 3 aromatic rings. The Morgan fingerprint density at radius 2 is 1.49 bits per heavy atom. The number of nitrogens with zero attached hydrogens (tertiary/aromatic N) is 2. The first-order valence-corrected chi connectivity index (χ1v) is 13.7. The lowest BCUT2D eigenvalue weighted by Gasteiger charge is -2.38. The zero-order valence-corrected chi connectivity index (χ0v) is 22.7. The van der Waals surface area contributed by atoms with Crippen molar-refractivity contribution in [3.05, 3.63) is 101 Å². The third kappa shape index (κ3) is 5.91. The molecular formula is C33H40N2O2. The van der Waals surface area contributed by atoms with Crippen molar-refractivity contribution in [2.24, 2.45) is 11.8 Å². The minimum atomic E-state index is -0.229. The van der Waals surface area contributed by atoms with Gasteiger partial charge in [0.2, 0.25) is 0 Å². The molecule has 1 amide bonds. The quantitative estimate of drug-likeness (QED) is 0.358. The van der Waals surface area contributed by atoms with E-state index in [0.717, 1.165) is 49.3 Å². The van der Waals surface area contributed by atoms with Crippen LogP contribution >= 0.6 is 0 Å². The molecule has 4 heteroatoms. The molecule has 4 nitrogen and oxygen atoms in total. The summed E-state index contributed by atoms with van der Waals surface area (Å²) in [5.74, 6) is 0.799. The number of benzene rings is 3. The molecule has 2 aliphatic rings. The van der Waals surface area contributed by atoms with Crippen molar-refractivity contribution in [1.29, 1.82) is 0 Å². The number of para-hydroxylation sites is 1. The zero-order valence-electron chi connectivity index (χ0n) is 22.7. The van der Waals surface area contributed by atoms with Crippen molar-refractivity contribution in [2.45, 2.75) is 65.1 Å². The van der Waals surface area contributed by atoms with E-state index in [4.69, 9.17) is 4.74 Å². The topological polar surface area (TPSA) is 32.8 Å². The number of aryl methyl sites for hydroxylation is 1. The molecule has 194 valence electrons. The highest BCUT2D eigenvalue weighted by atomic mass is 16.6. The van der Waals surface area contributed by atoms with Crippen molar-refractivity contribution in [3.63, 3.8) is 0 Å². The molecule has 1 saturated carbocycles. The largest absolute Gasteiger partial charge is 0.445 e. The summed E-state index contributed by atoms with van der Waals surface area (Å²) in [4.78, 5) is 18.1. The van der Waals surface area contributed by atoms with E-state index < -0.39 is 0 Å². The molecule has 0 spiro atoms. The van der Waals surface area contributed by atoms with Crippen LogP contribution in [0.25, 0.3) is 0 Å². The monoisotopic (exact) mass is 496 g/mol. The molecule has 1 heterocycles. The predicted octanol–water partition coefficient (Wildman–Crippen LogP) is 7.35. The fourth-order valence-electron chi connectivity index (χ4n) is 6.02. The lowest BCUT2D eigenvalue weighted by Crippen LogP contribution is -2.47. The van der Waals surface area contributed by atoms with Gasteiger partial charge in [0.15, 0.2) is 0 Å². The highest BCUT2D eigenvalue weighted by molar-refractivity contribution is 5.88. The van der Waals surface area contributed by atoms with Crippen molar-refractivity contribution < 1.29 is 9.53 Å². The Bertz CT molecular complexity index is 1180. The first kappa shape index (κ1) is 25.5. The molecule has 2 unspecified atom stereocenters. The average molecular weight is 497 g/mol. The van der Waals surface area contributed by atoms with Crippen LogP contribution in [0.15, 0.2) is 78.9 Å². The number of rotatable bonds is 6. The fourth-order valence-corrected chi connectivity index (χ4v) is 6.02. The minimum Gasteiger partial charge on any atom is -0.445 e. The molecule has 1 saturated heterocycles. The lowest BCUT2D eigenvalue weighted by molar-refractivity contribution is -0.0000888. The summed E-state index contributed by atoms with van der Waals surface area (Å²) in [5, 5.41) is 0. The Morgan fingerprint density at radius 1 is 0.865 bits per heavy atom. The molecular weight excluding hydrogens is 456 g/mol. The van der Waals surface area contributed by atoms with E-state index in [2.05, 4.69) is 93.3 Å². The highest BCUT2D eigenvalue weighted by Gasteiger charge is 2.45. The van der Waals surface area contributed by atoms with Crippen LogP contribution in [0.5, 0.6) is 0 Å². The van der Waals surface area contributed by atoms with Crippen LogP contribution in [-0.2, 0) is 23.2 Å². The standard InChI is InChI=1S/C33H40N2O2/c1-24-10-8-9-13-30(24)35(21-26-14-18-29(19-15-26)33(2,3)4)32(36)37-31-27-16-17-28(31)23-34(22-27)20-25-11-6-5-7-12-25/h5-15,18-19,27-28,31H,16-17,20-23H2,1-4H3. The maximum atomic E-state index is 13.8. The summed E-state index contributed by atoms with van der Waals surface area (Å²) in [6.07, 6.45) is 2.03. The normalized spacial score (nSPS) is 21.6. The van der Waals surface area contributed by atoms with E-state index in [1.807, 2.05) is 23.1 Å². The second-order valence-electron chi connectivity index (χ2n) is 11.9. The maximum Gasteiger partial charge on any atom is 0.414 e. The summed E-state index contributed by atoms with van der Waals surface area (Å²) in [6.45, 7) is 12.2. The Balaban J connectivity index is 1.31. The number of hydrogen-bond donors (Lipinski definition) is 0. The van der Waals surface area contributed by atoms with Crippen molar-refractivity contribution in [3.8, 4) is 0 Å². The van der Waals surface area contributed by atoms with Crippen molar-refractivity contribution >= 4 is 11.8 Å². The van der Waals surface area contributed by atoms with E-state index >= 15 is 0 Å². The van der Waals surface area contributed by atoms with Gasteiger partial charge in [-0.1, -0.05) is 93.6 Å². The van der Waals surface area contributed by atoms with Gasteiger partial charge in [0, 0.05) is 31.5 Å². The Morgan fingerprint density at radius 3 is 2.11 bits per heavy atom. The molecule has 1 aliphatic heterocycles. The van der Waals surface area contributed by atoms with Crippen molar-refractivity contribution in [1.82, 2.24) is 4.90 Å². The van der Waals surface area contributed by atoms with E-state index in [-0.39, 0.29) is 17.6 Å². The number of fused-ring (bicyclic) bond motifs is 2. The Kier molecular flexibility index (Phi) is 7.39. The summed E-state index contributed by atoms with van der Waals surface area (Å²) in [5.41, 5.74) is 5.84. The van der Waals surface area contributed by atoms with Gasteiger partial charge in [0.25, 0.3) is 0 Å². The van der Waals surface area contributed by atoms with Crippen LogP contribution in [0.3, 0.4) is 0 Å².